The van der Waals surface area contributed by atoms with Crippen LogP contribution in [-0.4, -0.2) is 24.3 Å². The summed E-state index contributed by atoms with van der Waals surface area (Å²) < 4.78 is 4.48. The molecule has 0 spiro atoms. The van der Waals surface area contributed by atoms with Gasteiger partial charge in [0, 0.05) is 5.92 Å². The third-order valence-electron chi connectivity index (χ3n) is 8.77. The second-order valence-electron chi connectivity index (χ2n) is 13.4. The molecule has 49 heavy (non-hydrogen) atoms. The molecule has 0 aromatic carbocycles. The predicted molar refractivity (Wildman–Crippen MR) is 214 cm³/mol. The minimum absolute atomic E-state index is 0.478. The van der Waals surface area contributed by atoms with Gasteiger partial charge in [0.05, 0.1) is 7.11 Å². The average molecular weight is 675 g/mol. The van der Waals surface area contributed by atoms with E-state index in [0.29, 0.717) is 0 Å². The van der Waals surface area contributed by atoms with Gasteiger partial charge in [-0.15, -0.1) is 6.42 Å². The first-order valence-corrected chi connectivity index (χ1v) is 20.2. The Bertz CT molecular complexity index is 965. The molecule has 0 saturated heterocycles. The summed E-state index contributed by atoms with van der Waals surface area (Å²) in [6, 6.07) is 0. The Kier molecular flexibility index (Phi) is 39.1. The minimum Gasteiger partial charge on any atom is -0.459 e. The van der Waals surface area contributed by atoms with Crippen molar-refractivity contribution in [3.05, 3.63) is 60.8 Å². The van der Waals surface area contributed by atoms with Gasteiger partial charge in [0.1, 0.15) is 6.10 Å². The first-order valence-electron chi connectivity index (χ1n) is 20.2. The molecule has 0 amide bonds. The summed E-state index contributed by atoms with van der Waals surface area (Å²) in [6.45, 7) is 0. The molecule has 0 heterocycles. The fourth-order valence-corrected chi connectivity index (χ4v) is 5.70. The summed E-state index contributed by atoms with van der Waals surface area (Å²) in [5.74, 6) is 6.92. The smallest absolute Gasteiger partial charge is 0.384 e. The second kappa shape index (κ2) is 41.4. The summed E-state index contributed by atoms with van der Waals surface area (Å²) in [5, 5.41) is 9.25. The van der Waals surface area contributed by atoms with Gasteiger partial charge in [-0.05, 0) is 95.6 Å². The third kappa shape index (κ3) is 41.3. The van der Waals surface area contributed by atoms with Gasteiger partial charge in [-0.1, -0.05) is 163 Å². The van der Waals surface area contributed by atoms with Crippen LogP contribution in [0.15, 0.2) is 60.8 Å². The molecule has 0 fully saturated rings. The van der Waals surface area contributed by atoms with E-state index in [1.165, 1.54) is 161 Å². The predicted octanol–water partition coefficient (Wildman–Crippen LogP) is 13.3. The van der Waals surface area contributed by atoms with Gasteiger partial charge in [-0.2, -0.15) is 0 Å². The van der Waals surface area contributed by atoms with E-state index in [9.17, 15) is 9.90 Å². The largest absolute Gasteiger partial charge is 0.459 e. The zero-order chi connectivity index (χ0) is 35.6. The number of esters is 1. The van der Waals surface area contributed by atoms with Crippen molar-refractivity contribution in [2.75, 3.05) is 7.11 Å². The standard InChI is InChI=1S/C46H74O3/c1-3-45(47)43-41-39-37-35-33-31-29-27-25-23-21-19-17-15-13-11-9-7-5-4-6-8-10-12-14-16-18-20-22-24-26-28-30-32-34-36-38-40-42-44-46(48)49-2/h1,11,13,21,23,31,33,38,40-41,43,45,47H,4-10,12,14-20,22,24-30,32,34-37,39H2,2H3/b13-11+,23-21+,33-31+,40-38-,43-41+/t45-/m1/s1. The van der Waals surface area contributed by atoms with Crippen LogP contribution in [0, 0.1) is 24.2 Å². The maximum Gasteiger partial charge on any atom is 0.384 e. The first-order chi connectivity index (χ1) is 24.2. The highest BCUT2D eigenvalue weighted by molar-refractivity contribution is 5.88. The van der Waals surface area contributed by atoms with Gasteiger partial charge in [0.25, 0.3) is 0 Å². The van der Waals surface area contributed by atoms with Crippen LogP contribution in [0.1, 0.15) is 186 Å². The quantitative estimate of drug-likeness (QED) is 0.0243. The Morgan fingerprint density at radius 2 is 0.816 bits per heavy atom. The lowest BCUT2D eigenvalue weighted by Crippen LogP contribution is -1.95. The van der Waals surface area contributed by atoms with Crippen molar-refractivity contribution >= 4 is 5.97 Å². The molecule has 3 nitrogen and oxygen atoms in total. The molecular weight excluding hydrogens is 601 g/mol. The molecule has 0 rings (SSSR count). The lowest BCUT2D eigenvalue weighted by Gasteiger charge is -2.04. The number of carbonyl (C=O) groups is 1. The molecule has 0 aliphatic heterocycles. The van der Waals surface area contributed by atoms with Crippen molar-refractivity contribution in [2.24, 2.45) is 0 Å². The normalized spacial score (nSPS) is 12.4. The Morgan fingerprint density at radius 1 is 0.510 bits per heavy atom. The number of aliphatic hydroxyl groups is 1. The van der Waals surface area contributed by atoms with Gasteiger partial charge in [0.15, 0.2) is 0 Å². The molecule has 0 aliphatic carbocycles. The molecule has 0 aromatic heterocycles. The number of aliphatic hydroxyl groups excluding tert-OH is 1. The van der Waals surface area contributed by atoms with Crippen LogP contribution in [-0.2, 0) is 9.53 Å². The van der Waals surface area contributed by atoms with Crippen LogP contribution < -0.4 is 0 Å². The van der Waals surface area contributed by atoms with Crippen LogP contribution in [0.4, 0.5) is 0 Å². The number of hydrogen-bond donors (Lipinski definition) is 1. The Balaban J connectivity index is 3.25. The summed E-state index contributed by atoms with van der Waals surface area (Å²) in [5.41, 5.74) is 0. The lowest BCUT2D eigenvalue weighted by atomic mass is 10.0. The third-order valence-corrected chi connectivity index (χ3v) is 8.77. The van der Waals surface area contributed by atoms with E-state index in [1.807, 2.05) is 12.2 Å². The van der Waals surface area contributed by atoms with E-state index in [4.69, 9.17) is 6.42 Å². The van der Waals surface area contributed by atoms with E-state index in [0.717, 1.165) is 32.1 Å². The number of hydrogen-bond acceptors (Lipinski definition) is 3. The van der Waals surface area contributed by atoms with E-state index < -0.39 is 12.1 Å². The van der Waals surface area contributed by atoms with Crippen LogP contribution in [0.25, 0.3) is 0 Å². The zero-order valence-corrected chi connectivity index (χ0v) is 31.7. The van der Waals surface area contributed by atoms with Crippen molar-refractivity contribution in [3.8, 4) is 24.2 Å². The molecule has 0 aliphatic rings. The average Bonchev–Trinajstić information content (AvgIpc) is 3.11. The fraction of sp³-hybridized carbons (Fsp3) is 0.674. The SMILES string of the molecule is C#C[C@@H](O)/C=C/CCC/C=C/CCC/C=C/CCC/C=C/CCCCCCCCCCCCCCCCCCCC/C=C\C#CC(=O)OC. The molecule has 3 heteroatoms. The van der Waals surface area contributed by atoms with E-state index in [-0.39, 0.29) is 0 Å². The highest BCUT2D eigenvalue weighted by atomic mass is 16.5. The van der Waals surface area contributed by atoms with Crippen molar-refractivity contribution in [1.29, 1.82) is 0 Å². The van der Waals surface area contributed by atoms with E-state index in [1.54, 1.807) is 12.2 Å². The number of unbranched alkanes of at least 4 members (excludes halogenated alkanes) is 25. The Hall–Kier alpha value is -2.75. The number of ether oxygens (including phenoxy) is 1. The van der Waals surface area contributed by atoms with Crippen molar-refractivity contribution in [2.45, 2.75) is 192 Å². The molecule has 1 atom stereocenters. The number of terminal acetylenes is 1. The van der Waals surface area contributed by atoms with Crippen LogP contribution >= 0.6 is 0 Å². The van der Waals surface area contributed by atoms with E-state index >= 15 is 0 Å². The molecule has 0 aromatic rings. The van der Waals surface area contributed by atoms with Gasteiger partial charge in [0.2, 0.25) is 0 Å². The molecule has 0 bridgehead atoms. The van der Waals surface area contributed by atoms with Crippen molar-refractivity contribution < 1.29 is 14.6 Å². The second-order valence-corrected chi connectivity index (χ2v) is 13.4. The molecule has 276 valence electrons. The Labute approximate surface area is 304 Å². The van der Waals surface area contributed by atoms with Crippen LogP contribution in [0.2, 0.25) is 0 Å². The number of rotatable bonds is 34. The highest BCUT2D eigenvalue weighted by Crippen LogP contribution is 2.15. The topological polar surface area (TPSA) is 46.5 Å². The molecular formula is C46H74O3. The van der Waals surface area contributed by atoms with Gasteiger partial charge in [-0.25, -0.2) is 4.79 Å². The first kappa shape index (κ1) is 46.2. The lowest BCUT2D eigenvalue weighted by molar-refractivity contribution is -0.133. The fourth-order valence-electron chi connectivity index (χ4n) is 5.70. The summed E-state index contributed by atoms with van der Waals surface area (Å²) in [6.07, 6.45) is 63.6. The maximum atomic E-state index is 10.9. The highest BCUT2D eigenvalue weighted by Gasteiger charge is 1.96. The summed E-state index contributed by atoms with van der Waals surface area (Å²) >= 11 is 0. The number of carbonyl (C=O) groups excluding carboxylic acids is 1. The minimum atomic E-state index is -0.739. The zero-order valence-electron chi connectivity index (χ0n) is 31.7. The van der Waals surface area contributed by atoms with Gasteiger partial charge in [-0.3, -0.25) is 0 Å². The molecule has 0 saturated carbocycles. The van der Waals surface area contributed by atoms with Crippen LogP contribution in [0.3, 0.4) is 0 Å². The number of allylic oxidation sites excluding steroid dienone is 9. The van der Waals surface area contributed by atoms with Gasteiger partial charge < -0.3 is 9.84 Å². The van der Waals surface area contributed by atoms with Crippen molar-refractivity contribution in [1.82, 2.24) is 0 Å². The summed E-state index contributed by atoms with van der Waals surface area (Å²) in [4.78, 5) is 10.9. The van der Waals surface area contributed by atoms with E-state index in [2.05, 4.69) is 59.0 Å². The van der Waals surface area contributed by atoms with Crippen LogP contribution in [0.5, 0.6) is 0 Å². The Morgan fingerprint density at radius 3 is 1.16 bits per heavy atom. The molecule has 0 unspecified atom stereocenters. The molecule has 1 N–H and O–H groups in total. The number of methoxy groups -OCH3 is 1. The monoisotopic (exact) mass is 675 g/mol. The summed E-state index contributed by atoms with van der Waals surface area (Å²) in [7, 11) is 1.35. The maximum absolute atomic E-state index is 10.9. The molecule has 0 radical (unpaired) electrons. The van der Waals surface area contributed by atoms with Crippen molar-refractivity contribution in [3.63, 3.8) is 0 Å². The van der Waals surface area contributed by atoms with Gasteiger partial charge >= 0.3 is 5.97 Å².